The maximum Gasteiger partial charge on any atom is 0.253 e. The van der Waals surface area contributed by atoms with Gasteiger partial charge in [-0.05, 0) is 35.7 Å². The van der Waals surface area contributed by atoms with E-state index in [1.807, 2.05) is 6.07 Å². The number of benzene rings is 2. The smallest absolute Gasteiger partial charge is 0.253 e. The monoisotopic (exact) mass is 379 g/mol. The topological polar surface area (TPSA) is 77.0 Å². The minimum atomic E-state index is -1.25. The van der Waals surface area contributed by atoms with Crippen molar-refractivity contribution in [3.05, 3.63) is 52.5 Å². The fourth-order valence-corrected chi connectivity index (χ4v) is 2.81. The van der Waals surface area contributed by atoms with Crippen molar-refractivity contribution in [2.45, 2.75) is 12.5 Å². The van der Waals surface area contributed by atoms with Crippen LogP contribution in [0.3, 0.4) is 0 Å². The van der Waals surface area contributed by atoms with Crippen molar-refractivity contribution < 1.29 is 24.1 Å². The lowest BCUT2D eigenvalue weighted by Crippen LogP contribution is -2.31. The molecule has 0 spiro atoms. The van der Waals surface area contributed by atoms with Gasteiger partial charge >= 0.3 is 0 Å². The van der Waals surface area contributed by atoms with Crippen LogP contribution in [0.15, 0.2) is 36.4 Å². The molecule has 0 aliphatic rings. The normalized spacial score (nSPS) is 11.6. The van der Waals surface area contributed by atoms with Crippen molar-refractivity contribution in [2.75, 3.05) is 27.9 Å². The molecule has 26 heavy (non-hydrogen) atoms. The Morgan fingerprint density at radius 3 is 2.35 bits per heavy atom. The Bertz CT molecular complexity index is 748. The number of halogens is 1. The lowest BCUT2D eigenvalue weighted by Gasteiger charge is -2.14. The highest BCUT2D eigenvalue weighted by molar-refractivity contribution is 6.33. The van der Waals surface area contributed by atoms with Crippen LogP contribution in [0.1, 0.15) is 17.2 Å². The van der Waals surface area contributed by atoms with E-state index in [-0.39, 0.29) is 0 Å². The number of nitrogens with one attached hydrogen (secondary N) is 1. The number of hydrogen-bond acceptors (Lipinski definition) is 5. The zero-order chi connectivity index (χ0) is 19.1. The Balaban J connectivity index is 1.95. The summed E-state index contributed by atoms with van der Waals surface area (Å²) in [5.74, 6) is 1.17. The number of carbonyl (C=O) groups excluding carboxylic acids is 1. The second kappa shape index (κ2) is 9.31. The van der Waals surface area contributed by atoms with Crippen molar-refractivity contribution in [1.82, 2.24) is 5.32 Å². The summed E-state index contributed by atoms with van der Waals surface area (Å²) in [5.41, 5.74) is 1.30. The fourth-order valence-electron chi connectivity index (χ4n) is 2.48. The van der Waals surface area contributed by atoms with Crippen molar-refractivity contribution >= 4 is 17.5 Å². The van der Waals surface area contributed by atoms with Crippen molar-refractivity contribution in [3.63, 3.8) is 0 Å². The van der Waals surface area contributed by atoms with Crippen molar-refractivity contribution in [3.8, 4) is 17.2 Å². The lowest BCUT2D eigenvalue weighted by atomic mass is 10.1. The minimum Gasteiger partial charge on any atom is -0.497 e. The van der Waals surface area contributed by atoms with Gasteiger partial charge in [0.1, 0.15) is 5.75 Å². The molecule has 0 aliphatic carbocycles. The highest BCUT2D eigenvalue weighted by atomic mass is 35.5. The maximum atomic E-state index is 12.1. The number of amides is 1. The second-order valence-corrected chi connectivity index (χ2v) is 5.87. The third-order valence-corrected chi connectivity index (χ3v) is 4.35. The Kier molecular flexibility index (Phi) is 7.12. The van der Waals surface area contributed by atoms with Crippen LogP contribution in [0, 0.1) is 0 Å². The average Bonchev–Trinajstić information content (AvgIpc) is 2.68. The first-order valence-electron chi connectivity index (χ1n) is 8.00. The van der Waals surface area contributed by atoms with Gasteiger partial charge in [-0.2, -0.15) is 0 Å². The molecule has 0 bridgehead atoms. The van der Waals surface area contributed by atoms with E-state index in [0.29, 0.717) is 40.8 Å². The molecule has 140 valence electrons. The molecule has 0 saturated carbocycles. The van der Waals surface area contributed by atoms with E-state index in [4.69, 9.17) is 25.8 Å². The van der Waals surface area contributed by atoms with Crippen LogP contribution in [-0.2, 0) is 11.2 Å². The van der Waals surface area contributed by atoms with Gasteiger partial charge in [-0.1, -0.05) is 29.8 Å². The SMILES string of the molecule is COc1ccc([C@H](O)C(=O)NCCc2ccc(OC)c(OC)c2Cl)cc1. The zero-order valence-corrected chi connectivity index (χ0v) is 15.7. The Hall–Kier alpha value is -2.44. The van der Waals surface area contributed by atoms with E-state index in [0.717, 1.165) is 5.56 Å². The van der Waals surface area contributed by atoms with Crippen LogP contribution in [0.5, 0.6) is 17.2 Å². The number of hydrogen-bond donors (Lipinski definition) is 2. The summed E-state index contributed by atoms with van der Waals surface area (Å²) in [5, 5.41) is 13.3. The summed E-state index contributed by atoms with van der Waals surface area (Å²) in [4.78, 5) is 12.1. The third-order valence-electron chi connectivity index (χ3n) is 3.94. The molecule has 0 saturated heterocycles. The number of methoxy groups -OCH3 is 3. The predicted octanol–water partition coefficient (Wildman–Crippen LogP) is 2.76. The summed E-state index contributed by atoms with van der Waals surface area (Å²) >= 11 is 6.32. The molecule has 0 radical (unpaired) electrons. The summed E-state index contributed by atoms with van der Waals surface area (Å²) < 4.78 is 15.5. The number of aliphatic hydroxyl groups is 1. The van der Waals surface area contributed by atoms with Gasteiger partial charge in [0.25, 0.3) is 5.91 Å². The molecular weight excluding hydrogens is 358 g/mol. The molecule has 0 heterocycles. The first kappa shape index (κ1) is 19.9. The zero-order valence-electron chi connectivity index (χ0n) is 14.9. The van der Waals surface area contributed by atoms with Crippen LogP contribution >= 0.6 is 11.6 Å². The molecule has 2 N–H and O–H groups in total. The number of carbonyl (C=O) groups is 1. The Labute approximate surface area is 157 Å². The first-order valence-corrected chi connectivity index (χ1v) is 8.38. The van der Waals surface area contributed by atoms with Crippen LogP contribution in [-0.4, -0.2) is 38.9 Å². The molecular formula is C19H22ClNO5. The molecule has 1 amide bonds. The summed E-state index contributed by atoms with van der Waals surface area (Å²) in [7, 11) is 4.60. The van der Waals surface area contributed by atoms with Crippen LogP contribution in [0.25, 0.3) is 0 Å². The van der Waals surface area contributed by atoms with E-state index in [9.17, 15) is 9.90 Å². The number of aliphatic hydroxyl groups excluding tert-OH is 1. The van der Waals surface area contributed by atoms with E-state index in [1.54, 1.807) is 37.4 Å². The molecule has 2 aromatic rings. The van der Waals surface area contributed by atoms with E-state index in [2.05, 4.69) is 5.32 Å². The maximum absolute atomic E-state index is 12.1. The predicted molar refractivity (Wildman–Crippen MR) is 99.2 cm³/mol. The van der Waals surface area contributed by atoms with Crippen molar-refractivity contribution in [1.29, 1.82) is 0 Å². The molecule has 0 aliphatic heterocycles. The molecule has 2 rings (SSSR count). The van der Waals surface area contributed by atoms with Gasteiger partial charge in [0.2, 0.25) is 0 Å². The first-order chi connectivity index (χ1) is 12.5. The van der Waals surface area contributed by atoms with E-state index < -0.39 is 12.0 Å². The largest absolute Gasteiger partial charge is 0.497 e. The summed E-state index contributed by atoms with van der Waals surface area (Å²) in [6.07, 6.45) is -0.762. The molecule has 0 unspecified atom stereocenters. The highest BCUT2D eigenvalue weighted by Crippen LogP contribution is 2.37. The molecule has 1 atom stereocenters. The highest BCUT2D eigenvalue weighted by Gasteiger charge is 2.18. The summed E-state index contributed by atoms with van der Waals surface area (Å²) in [6, 6.07) is 10.2. The fraction of sp³-hybridized carbons (Fsp3) is 0.316. The van der Waals surface area contributed by atoms with Crippen LogP contribution in [0.4, 0.5) is 0 Å². The van der Waals surface area contributed by atoms with Crippen molar-refractivity contribution in [2.24, 2.45) is 0 Å². The van der Waals surface area contributed by atoms with Gasteiger partial charge in [-0.25, -0.2) is 0 Å². The van der Waals surface area contributed by atoms with E-state index >= 15 is 0 Å². The summed E-state index contributed by atoms with van der Waals surface area (Å²) in [6.45, 7) is 0.321. The molecule has 0 aromatic heterocycles. The standard InChI is InChI=1S/C19H22ClNO5/c1-24-14-7-4-13(5-8-14)17(22)19(23)21-11-10-12-6-9-15(25-2)18(26-3)16(12)20/h4-9,17,22H,10-11H2,1-3H3,(H,21,23)/t17-/m0/s1. The lowest BCUT2D eigenvalue weighted by molar-refractivity contribution is -0.129. The van der Waals surface area contributed by atoms with Gasteiger partial charge in [0.15, 0.2) is 17.6 Å². The van der Waals surface area contributed by atoms with Gasteiger partial charge in [-0.3, -0.25) is 4.79 Å². The van der Waals surface area contributed by atoms with Gasteiger partial charge < -0.3 is 24.6 Å². The van der Waals surface area contributed by atoms with Gasteiger partial charge in [-0.15, -0.1) is 0 Å². The average molecular weight is 380 g/mol. The molecule has 0 fully saturated rings. The Morgan fingerprint density at radius 2 is 1.77 bits per heavy atom. The van der Waals surface area contributed by atoms with Crippen LogP contribution in [0.2, 0.25) is 5.02 Å². The Morgan fingerprint density at radius 1 is 1.08 bits per heavy atom. The number of ether oxygens (including phenoxy) is 3. The van der Waals surface area contributed by atoms with Gasteiger partial charge in [0.05, 0.1) is 26.4 Å². The molecule has 2 aromatic carbocycles. The third kappa shape index (κ3) is 4.59. The molecule has 7 heteroatoms. The molecule has 6 nitrogen and oxygen atoms in total. The quantitative estimate of drug-likeness (QED) is 0.737. The minimum absolute atomic E-state index is 0.321. The van der Waals surface area contributed by atoms with E-state index in [1.165, 1.54) is 14.2 Å². The second-order valence-electron chi connectivity index (χ2n) is 5.49. The van der Waals surface area contributed by atoms with Gasteiger partial charge in [0, 0.05) is 6.54 Å². The number of rotatable bonds is 8. The van der Waals surface area contributed by atoms with Crippen LogP contribution < -0.4 is 19.5 Å².